The number of ether oxygens (including phenoxy) is 1. The Morgan fingerprint density at radius 3 is 3.05 bits per heavy atom. The summed E-state index contributed by atoms with van der Waals surface area (Å²) in [6.07, 6.45) is 0.715. The van der Waals surface area contributed by atoms with Crippen LogP contribution in [0.15, 0.2) is 51.8 Å². The van der Waals surface area contributed by atoms with Crippen LogP contribution in [0.1, 0.15) is 11.7 Å². The minimum absolute atomic E-state index is 0.0655. The molecule has 1 unspecified atom stereocenters. The molecule has 0 aliphatic rings. The molecule has 0 bridgehead atoms. The highest BCUT2D eigenvalue weighted by Gasteiger charge is 2.15. The van der Waals surface area contributed by atoms with Gasteiger partial charge in [-0.05, 0) is 29.8 Å². The fraction of sp³-hybridized carbons (Fsp3) is 0.200. The molecule has 1 aromatic carbocycles. The Kier molecular flexibility index (Phi) is 3.45. The number of pyridine rings is 1. The van der Waals surface area contributed by atoms with Crippen molar-refractivity contribution in [2.45, 2.75) is 12.6 Å². The number of aliphatic hydroxyl groups excluding tert-OH is 1. The second-order valence-corrected chi connectivity index (χ2v) is 4.60. The van der Waals surface area contributed by atoms with E-state index in [2.05, 4.69) is 4.98 Å². The summed E-state index contributed by atoms with van der Waals surface area (Å²) in [5.41, 5.74) is 1.48. The minimum atomic E-state index is -0.861. The van der Waals surface area contributed by atoms with Crippen molar-refractivity contribution in [1.29, 1.82) is 0 Å². The molecule has 0 saturated carbocycles. The van der Waals surface area contributed by atoms with Crippen molar-refractivity contribution in [1.82, 2.24) is 9.55 Å². The Labute approximate surface area is 120 Å². The maximum Gasteiger partial charge on any atom is 0.421 e. The van der Waals surface area contributed by atoms with Gasteiger partial charge in [0.25, 0.3) is 0 Å². The molecular formula is C15H14N2O4. The van der Waals surface area contributed by atoms with Crippen molar-refractivity contribution in [3.05, 3.63) is 58.7 Å². The molecule has 0 aliphatic carbocycles. The zero-order valence-electron chi connectivity index (χ0n) is 11.4. The smallest absolute Gasteiger partial charge is 0.421 e. The first-order valence-electron chi connectivity index (χ1n) is 6.45. The molecule has 0 fully saturated rings. The molecule has 108 valence electrons. The molecule has 3 aromatic rings. The van der Waals surface area contributed by atoms with Gasteiger partial charge in [-0.2, -0.15) is 0 Å². The van der Waals surface area contributed by atoms with E-state index in [-0.39, 0.29) is 6.54 Å². The SMILES string of the molecule is COc1cccc(C(O)Cn2c(=O)oc3cccnc32)c1. The highest BCUT2D eigenvalue weighted by atomic mass is 16.5. The number of oxazole rings is 1. The third kappa shape index (κ3) is 2.53. The number of aromatic nitrogens is 2. The molecule has 3 rings (SSSR count). The fourth-order valence-corrected chi connectivity index (χ4v) is 2.19. The largest absolute Gasteiger partial charge is 0.497 e. The van der Waals surface area contributed by atoms with Crippen molar-refractivity contribution in [2.75, 3.05) is 7.11 Å². The lowest BCUT2D eigenvalue weighted by Gasteiger charge is -2.12. The average Bonchev–Trinajstić information content (AvgIpc) is 2.83. The second kappa shape index (κ2) is 5.41. The van der Waals surface area contributed by atoms with Gasteiger partial charge in [-0.3, -0.25) is 4.57 Å². The van der Waals surface area contributed by atoms with Crippen LogP contribution in [0.4, 0.5) is 0 Å². The quantitative estimate of drug-likeness (QED) is 0.790. The summed E-state index contributed by atoms with van der Waals surface area (Å²) in [4.78, 5) is 16.0. The summed E-state index contributed by atoms with van der Waals surface area (Å²) in [6, 6.07) is 10.4. The number of hydrogen-bond donors (Lipinski definition) is 1. The Balaban J connectivity index is 1.94. The lowest BCUT2D eigenvalue weighted by atomic mass is 10.1. The van der Waals surface area contributed by atoms with Crippen LogP contribution >= 0.6 is 0 Å². The van der Waals surface area contributed by atoms with Gasteiger partial charge in [0.15, 0.2) is 11.2 Å². The predicted molar refractivity (Wildman–Crippen MR) is 76.2 cm³/mol. The van der Waals surface area contributed by atoms with Crippen LogP contribution in [0.2, 0.25) is 0 Å². The van der Waals surface area contributed by atoms with Gasteiger partial charge in [-0.1, -0.05) is 12.1 Å². The van der Waals surface area contributed by atoms with Gasteiger partial charge in [0.2, 0.25) is 0 Å². The predicted octanol–water partition coefficient (Wildman–Crippen LogP) is 1.73. The van der Waals surface area contributed by atoms with Crippen molar-refractivity contribution in [3.63, 3.8) is 0 Å². The highest BCUT2D eigenvalue weighted by molar-refractivity contribution is 5.67. The molecule has 0 amide bonds. The standard InChI is InChI=1S/C15H14N2O4/c1-20-11-5-2-4-10(8-11)12(18)9-17-14-13(21-15(17)19)6-3-7-16-14/h2-8,12,18H,9H2,1H3. The molecule has 2 heterocycles. The summed E-state index contributed by atoms with van der Waals surface area (Å²) >= 11 is 0. The number of nitrogens with zero attached hydrogens (tertiary/aromatic N) is 2. The molecule has 21 heavy (non-hydrogen) atoms. The number of benzene rings is 1. The van der Waals surface area contributed by atoms with Gasteiger partial charge >= 0.3 is 5.76 Å². The maximum absolute atomic E-state index is 11.8. The van der Waals surface area contributed by atoms with Crippen LogP contribution in [0, 0.1) is 0 Å². The summed E-state index contributed by atoms with van der Waals surface area (Å²) in [7, 11) is 1.56. The van der Waals surface area contributed by atoms with E-state index in [1.54, 1.807) is 49.7 Å². The van der Waals surface area contributed by atoms with Crippen molar-refractivity contribution in [3.8, 4) is 5.75 Å². The first kappa shape index (κ1) is 13.4. The lowest BCUT2D eigenvalue weighted by molar-refractivity contribution is 0.154. The molecule has 6 nitrogen and oxygen atoms in total. The third-order valence-corrected chi connectivity index (χ3v) is 3.26. The summed E-state index contributed by atoms with van der Waals surface area (Å²) in [5.74, 6) is 0.111. The Morgan fingerprint density at radius 2 is 2.24 bits per heavy atom. The fourth-order valence-electron chi connectivity index (χ4n) is 2.19. The number of fused-ring (bicyclic) bond motifs is 1. The first-order valence-corrected chi connectivity index (χ1v) is 6.45. The Bertz CT molecular complexity index is 822. The molecule has 0 radical (unpaired) electrons. The van der Waals surface area contributed by atoms with Crippen LogP contribution in [0.5, 0.6) is 5.75 Å². The highest BCUT2D eigenvalue weighted by Crippen LogP contribution is 2.21. The molecule has 1 atom stereocenters. The van der Waals surface area contributed by atoms with E-state index < -0.39 is 11.9 Å². The maximum atomic E-state index is 11.8. The van der Waals surface area contributed by atoms with Crippen molar-refractivity contribution >= 4 is 11.2 Å². The van der Waals surface area contributed by atoms with E-state index in [9.17, 15) is 9.90 Å². The van der Waals surface area contributed by atoms with Crippen LogP contribution in [-0.4, -0.2) is 21.8 Å². The number of hydrogen-bond acceptors (Lipinski definition) is 5. The van der Waals surface area contributed by atoms with Gasteiger partial charge in [0, 0.05) is 6.20 Å². The monoisotopic (exact) mass is 286 g/mol. The molecule has 1 N–H and O–H groups in total. The first-order chi connectivity index (χ1) is 10.2. The van der Waals surface area contributed by atoms with E-state index in [1.807, 2.05) is 0 Å². The summed E-state index contributed by atoms with van der Waals surface area (Å²) in [5, 5.41) is 10.3. The van der Waals surface area contributed by atoms with Crippen molar-refractivity contribution < 1.29 is 14.3 Å². The van der Waals surface area contributed by atoms with Gasteiger partial charge < -0.3 is 14.3 Å². The number of aliphatic hydroxyl groups is 1. The lowest BCUT2D eigenvalue weighted by Crippen LogP contribution is -2.19. The van der Waals surface area contributed by atoms with Gasteiger partial charge in [-0.15, -0.1) is 0 Å². The average molecular weight is 286 g/mol. The third-order valence-electron chi connectivity index (χ3n) is 3.26. The van der Waals surface area contributed by atoms with Crippen LogP contribution < -0.4 is 10.5 Å². The minimum Gasteiger partial charge on any atom is -0.497 e. The normalized spacial score (nSPS) is 12.5. The zero-order valence-corrected chi connectivity index (χ0v) is 11.4. The van der Waals surface area contributed by atoms with E-state index in [0.29, 0.717) is 22.5 Å². The van der Waals surface area contributed by atoms with Gasteiger partial charge in [0.05, 0.1) is 19.8 Å². The second-order valence-electron chi connectivity index (χ2n) is 4.60. The molecule has 6 heteroatoms. The topological polar surface area (TPSA) is 77.5 Å². The summed E-state index contributed by atoms with van der Waals surface area (Å²) < 4.78 is 11.5. The van der Waals surface area contributed by atoms with Crippen LogP contribution in [-0.2, 0) is 6.54 Å². The van der Waals surface area contributed by atoms with E-state index >= 15 is 0 Å². The molecule has 0 aliphatic heterocycles. The van der Waals surface area contributed by atoms with Gasteiger partial charge in [-0.25, -0.2) is 9.78 Å². The van der Waals surface area contributed by atoms with Gasteiger partial charge in [0.1, 0.15) is 5.75 Å². The van der Waals surface area contributed by atoms with Crippen molar-refractivity contribution in [2.24, 2.45) is 0 Å². The van der Waals surface area contributed by atoms with E-state index in [1.165, 1.54) is 4.57 Å². The zero-order chi connectivity index (χ0) is 14.8. The Hall–Kier alpha value is -2.60. The van der Waals surface area contributed by atoms with E-state index in [4.69, 9.17) is 9.15 Å². The number of methoxy groups -OCH3 is 1. The molecular weight excluding hydrogens is 272 g/mol. The molecule has 0 spiro atoms. The molecule has 2 aromatic heterocycles. The van der Waals surface area contributed by atoms with Crippen LogP contribution in [0.25, 0.3) is 11.2 Å². The van der Waals surface area contributed by atoms with E-state index in [0.717, 1.165) is 0 Å². The van der Waals surface area contributed by atoms with Crippen LogP contribution in [0.3, 0.4) is 0 Å². The Morgan fingerprint density at radius 1 is 1.38 bits per heavy atom. The summed E-state index contributed by atoms with van der Waals surface area (Å²) in [6.45, 7) is 0.0655. The molecule has 0 saturated heterocycles. The number of rotatable bonds is 4.